The SMILES string of the molecule is O=C(c1ccn[nH]1)N1CCCC2(C1)OC[C@@H]1C[C@@H]12. The Hall–Kier alpha value is -1.36. The zero-order valence-electron chi connectivity index (χ0n) is 10.3. The molecule has 18 heavy (non-hydrogen) atoms. The number of hydrogen-bond acceptors (Lipinski definition) is 3. The summed E-state index contributed by atoms with van der Waals surface area (Å²) in [5, 5.41) is 6.60. The summed E-state index contributed by atoms with van der Waals surface area (Å²) in [6.07, 6.45) is 5.08. The van der Waals surface area contributed by atoms with Crippen LogP contribution in [0.2, 0.25) is 0 Å². The van der Waals surface area contributed by atoms with Crippen LogP contribution in [-0.2, 0) is 4.74 Å². The molecule has 5 heteroatoms. The molecule has 2 saturated heterocycles. The molecule has 0 aromatic carbocycles. The number of ether oxygens (including phenoxy) is 1. The van der Waals surface area contributed by atoms with E-state index in [2.05, 4.69) is 10.2 Å². The van der Waals surface area contributed by atoms with Gasteiger partial charge in [0.1, 0.15) is 5.69 Å². The van der Waals surface area contributed by atoms with Crippen molar-refractivity contribution in [3.8, 4) is 0 Å². The Morgan fingerprint density at radius 2 is 2.56 bits per heavy atom. The van der Waals surface area contributed by atoms with Crippen LogP contribution in [-0.4, -0.2) is 46.3 Å². The zero-order valence-corrected chi connectivity index (χ0v) is 10.3. The third-order valence-electron chi connectivity index (χ3n) is 4.69. The molecule has 1 saturated carbocycles. The van der Waals surface area contributed by atoms with Crippen LogP contribution in [0.25, 0.3) is 0 Å². The Balaban J connectivity index is 1.54. The van der Waals surface area contributed by atoms with Crippen LogP contribution in [0.3, 0.4) is 0 Å². The molecule has 1 N–H and O–H groups in total. The molecule has 0 bridgehead atoms. The summed E-state index contributed by atoms with van der Waals surface area (Å²) in [6.45, 7) is 2.49. The molecule has 1 unspecified atom stereocenters. The van der Waals surface area contributed by atoms with Crippen LogP contribution in [0.1, 0.15) is 29.8 Å². The fourth-order valence-electron chi connectivity index (χ4n) is 3.65. The topological polar surface area (TPSA) is 58.2 Å². The third kappa shape index (κ3) is 1.43. The fourth-order valence-corrected chi connectivity index (χ4v) is 3.65. The Morgan fingerprint density at radius 3 is 3.22 bits per heavy atom. The first-order valence-electron chi connectivity index (χ1n) is 6.71. The highest BCUT2D eigenvalue weighted by Crippen LogP contribution is 2.57. The summed E-state index contributed by atoms with van der Waals surface area (Å²) in [7, 11) is 0. The molecule has 0 radical (unpaired) electrons. The summed E-state index contributed by atoms with van der Waals surface area (Å²) in [5.41, 5.74) is 0.552. The Kier molecular flexibility index (Phi) is 2.09. The first-order chi connectivity index (χ1) is 8.78. The molecule has 3 atom stereocenters. The van der Waals surface area contributed by atoms with Gasteiger partial charge in [0.2, 0.25) is 0 Å². The average molecular weight is 247 g/mol. The lowest BCUT2D eigenvalue weighted by molar-refractivity contribution is -0.0673. The molecule has 3 fully saturated rings. The van der Waals surface area contributed by atoms with Gasteiger partial charge in [-0.15, -0.1) is 0 Å². The Bertz CT molecular complexity index is 473. The van der Waals surface area contributed by atoms with Crippen molar-refractivity contribution < 1.29 is 9.53 Å². The maximum absolute atomic E-state index is 12.3. The molecule has 1 spiro atoms. The van der Waals surface area contributed by atoms with Gasteiger partial charge in [0.15, 0.2) is 0 Å². The van der Waals surface area contributed by atoms with E-state index in [1.165, 1.54) is 6.42 Å². The molecule has 4 rings (SSSR count). The van der Waals surface area contributed by atoms with Crippen molar-refractivity contribution in [1.29, 1.82) is 0 Å². The second-order valence-electron chi connectivity index (χ2n) is 5.78. The van der Waals surface area contributed by atoms with E-state index < -0.39 is 0 Å². The minimum absolute atomic E-state index is 0.0292. The van der Waals surface area contributed by atoms with Crippen molar-refractivity contribution in [3.05, 3.63) is 18.0 Å². The molecule has 1 aliphatic carbocycles. The molecule has 1 aromatic heterocycles. The molecule has 2 aliphatic heterocycles. The number of likely N-dealkylation sites (tertiary alicyclic amines) is 1. The lowest BCUT2D eigenvalue weighted by Gasteiger charge is -2.41. The van der Waals surface area contributed by atoms with Gasteiger partial charge in [-0.3, -0.25) is 9.89 Å². The number of aromatic nitrogens is 2. The van der Waals surface area contributed by atoms with E-state index in [-0.39, 0.29) is 11.5 Å². The molecule has 3 aliphatic rings. The number of H-pyrrole nitrogens is 1. The van der Waals surface area contributed by atoms with Crippen LogP contribution >= 0.6 is 0 Å². The normalized spacial score (nSPS) is 37.9. The second-order valence-corrected chi connectivity index (χ2v) is 5.78. The van der Waals surface area contributed by atoms with Gasteiger partial charge in [0.05, 0.1) is 18.8 Å². The van der Waals surface area contributed by atoms with Gasteiger partial charge < -0.3 is 9.64 Å². The van der Waals surface area contributed by atoms with E-state index in [0.717, 1.165) is 38.5 Å². The van der Waals surface area contributed by atoms with Crippen LogP contribution in [0.15, 0.2) is 12.3 Å². The van der Waals surface area contributed by atoms with Crippen molar-refractivity contribution >= 4 is 5.91 Å². The second kappa shape index (κ2) is 3.57. The van der Waals surface area contributed by atoms with E-state index in [4.69, 9.17) is 4.74 Å². The highest BCUT2D eigenvalue weighted by molar-refractivity contribution is 5.92. The zero-order chi connectivity index (χ0) is 12.2. The quantitative estimate of drug-likeness (QED) is 0.807. The van der Waals surface area contributed by atoms with E-state index in [1.54, 1.807) is 12.3 Å². The molecule has 3 heterocycles. The van der Waals surface area contributed by atoms with Crippen molar-refractivity contribution in [2.45, 2.75) is 24.9 Å². The predicted molar refractivity (Wildman–Crippen MR) is 64.0 cm³/mol. The standard InChI is InChI=1S/C13H17N3O2/c17-12(11-2-4-14-15-11)16-5-1-3-13(8-16)10-6-9(10)7-18-13/h2,4,9-10H,1,3,5-8H2,(H,14,15)/t9-,10-,13?/m0/s1. The lowest BCUT2D eigenvalue weighted by atomic mass is 9.88. The molecule has 1 amide bonds. The van der Waals surface area contributed by atoms with Crippen LogP contribution in [0, 0.1) is 11.8 Å². The van der Waals surface area contributed by atoms with Gasteiger partial charge in [0.25, 0.3) is 5.91 Å². The number of carbonyl (C=O) groups excluding carboxylic acids is 1. The number of nitrogens with zero attached hydrogens (tertiary/aromatic N) is 2. The monoisotopic (exact) mass is 247 g/mol. The highest BCUT2D eigenvalue weighted by atomic mass is 16.5. The number of aromatic amines is 1. The smallest absolute Gasteiger partial charge is 0.271 e. The largest absolute Gasteiger partial charge is 0.373 e. The van der Waals surface area contributed by atoms with Gasteiger partial charge >= 0.3 is 0 Å². The maximum atomic E-state index is 12.3. The third-order valence-corrected chi connectivity index (χ3v) is 4.69. The minimum atomic E-state index is -0.0292. The first kappa shape index (κ1) is 10.6. The number of amides is 1. The number of hydrogen-bond donors (Lipinski definition) is 1. The van der Waals surface area contributed by atoms with Gasteiger partial charge in [-0.2, -0.15) is 5.10 Å². The summed E-state index contributed by atoms with van der Waals surface area (Å²) in [4.78, 5) is 14.2. The molecule has 96 valence electrons. The number of carbonyl (C=O) groups is 1. The maximum Gasteiger partial charge on any atom is 0.271 e. The molecule has 5 nitrogen and oxygen atoms in total. The summed E-state index contributed by atoms with van der Waals surface area (Å²) < 4.78 is 6.02. The van der Waals surface area contributed by atoms with Crippen molar-refractivity contribution in [2.75, 3.05) is 19.7 Å². The van der Waals surface area contributed by atoms with Crippen molar-refractivity contribution in [3.63, 3.8) is 0 Å². The van der Waals surface area contributed by atoms with Gasteiger partial charge in [0, 0.05) is 12.7 Å². The van der Waals surface area contributed by atoms with Gasteiger partial charge in [-0.05, 0) is 37.2 Å². The Labute approximate surface area is 105 Å². The van der Waals surface area contributed by atoms with E-state index in [9.17, 15) is 4.79 Å². The number of fused-ring (bicyclic) bond motifs is 2. The summed E-state index contributed by atoms with van der Waals surface area (Å²) >= 11 is 0. The fraction of sp³-hybridized carbons (Fsp3) is 0.692. The minimum Gasteiger partial charge on any atom is -0.373 e. The van der Waals surface area contributed by atoms with Gasteiger partial charge in [-0.1, -0.05) is 0 Å². The van der Waals surface area contributed by atoms with Crippen LogP contribution < -0.4 is 0 Å². The molecule has 1 aromatic rings. The highest BCUT2D eigenvalue weighted by Gasteiger charge is 2.60. The van der Waals surface area contributed by atoms with Crippen LogP contribution in [0.5, 0.6) is 0 Å². The van der Waals surface area contributed by atoms with Gasteiger partial charge in [-0.25, -0.2) is 0 Å². The predicted octanol–water partition coefficient (Wildman–Crippen LogP) is 1.05. The summed E-state index contributed by atoms with van der Waals surface area (Å²) in [5.74, 6) is 1.53. The summed E-state index contributed by atoms with van der Waals surface area (Å²) in [6, 6.07) is 1.74. The first-order valence-corrected chi connectivity index (χ1v) is 6.71. The number of nitrogens with one attached hydrogen (secondary N) is 1. The number of piperidine rings is 1. The lowest BCUT2D eigenvalue weighted by Crippen LogP contribution is -2.51. The molecular weight excluding hydrogens is 230 g/mol. The average Bonchev–Trinajstić information content (AvgIpc) is 2.85. The van der Waals surface area contributed by atoms with Crippen molar-refractivity contribution in [1.82, 2.24) is 15.1 Å². The van der Waals surface area contributed by atoms with E-state index in [1.807, 2.05) is 4.90 Å². The van der Waals surface area contributed by atoms with E-state index >= 15 is 0 Å². The van der Waals surface area contributed by atoms with Crippen LogP contribution in [0.4, 0.5) is 0 Å². The van der Waals surface area contributed by atoms with E-state index in [0.29, 0.717) is 11.6 Å². The Morgan fingerprint density at radius 1 is 1.61 bits per heavy atom. The molecular formula is C13H17N3O2. The van der Waals surface area contributed by atoms with Crippen molar-refractivity contribution in [2.24, 2.45) is 11.8 Å². The number of rotatable bonds is 1.